The quantitative estimate of drug-likeness (QED) is 0.795. The van der Waals surface area contributed by atoms with Gasteiger partial charge in [0.25, 0.3) is 0 Å². The van der Waals surface area contributed by atoms with Crippen molar-refractivity contribution in [1.29, 1.82) is 0 Å². The number of piperidine rings is 1. The molecule has 1 aliphatic rings. The second-order valence-corrected chi connectivity index (χ2v) is 5.14. The molecule has 3 heteroatoms. The van der Waals surface area contributed by atoms with Gasteiger partial charge in [-0.2, -0.15) is 0 Å². The molecule has 18 heavy (non-hydrogen) atoms. The highest BCUT2D eigenvalue weighted by Gasteiger charge is 2.24. The van der Waals surface area contributed by atoms with Crippen LogP contribution in [0.4, 0.5) is 0 Å². The summed E-state index contributed by atoms with van der Waals surface area (Å²) in [6.07, 6.45) is 3.78. The first-order valence-corrected chi connectivity index (χ1v) is 6.58. The highest BCUT2D eigenvalue weighted by atomic mass is 16.1. The van der Waals surface area contributed by atoms with Gasteiger partial charge in [0.05, 0.1) is 0 Å². The summed E-state index contributed by atoms with van der Waals surface area (Å²) in [6.45, 7) is 3.97. The van der Waals surface area contributed by atoms with Crippen LogP contribution in [0, 0.1) is 12.8 Å². The minimum atomic E-state index is 0.186. The Morgan fingerprint density at radius 2 is 2.06 bits per heavy atom. The van der Waals surface area contributed by atoms with Crippen molar-refractivity contribution < 1.29 is 4.79 Å². The summed E-state index contributed by atoms with van der Waals surface area (Å²) in [5.41, 5.74) is 3.11. The highest BCUT2D eigenvalue weighted by molar-refractivity contribution is 6.09. The number of fused-ring (bicyclic) bond motifs is 1. The van der Waals surface area contributed by atoms with Crippen molar-refractivity contribution in [3.05, 3.63) is 35.5 Å². The smallest absolute Gasteiger partial charge is 0.168 e. The number of benzene rings is 1. The number of H-pyrrole nitrogens is 1. The second-order valence-electron chi connectivity index (χ2n) is 5.14. The molecular weight excluding hydrogens is 224 g/mol. The fraction of sp³-hybridized carbons (Fsp3) is 0.400. The molecule has 0 unspecified atom stereocenters. The average molecular weight is 242 g/mol. The van der Waals surface area contributed by atoms with Gasteiger partial charge >= 0.3 is 0 Å². The minimum Gasteiger partial charge on any atom is -0.360 e. The van der Waals surface area contributed by atoms with Crippen LogP contribution in [0.15, 0.2) is 24.4 Å². The van der Waals surface area contributed by atoms with Gasteiger partial charge in [-0.05, 0) is 45.0 Å². The number of ketones is 1. The molecule has 1 aromatic carbocycles. The Kier molecular flexibility index (Phi) is 2.92. The Bertz CT molecular complexity index is 579. The summed E-state index contributed by atoms with van der Waals surface area (Å²) in [7, 11) is 0. The number of nitrogens with one attached hydrogen (secondary N) is 2. The number of carbonyl (C=O) groups excluding carboxylic acids is 1. The summed E-state index contributed by atoms with van der Waals surface area (Å²) in [5.74, 6) is 0.485. The Morgan fingerprint density at radius 3 is 2.83 bits per heavy atom. The Balaban J connectivity index is 1.98. The van der Waals surface area contributed by atoms with Gasteiger partial charge in [-0.25, -0.2) is 0 Å². The highest BCUT2D eigenvalue weighted by Crippen LogP contribution is 2.25. The van der Waals surface area contributed by atoms with Gasteiger partial charge < -0.3 is 10.3 Å². The van der Waals surface area contributed by atoms with Crippen LogP contribution in [0.25, 0.3) is 10.9 Å². The molecule has 0 aliphatic carbocycles. The Hall–Kier alpha value is -1.61. The maximum absolute atomic E-state index is 12.5. The molecule has 2 heterocycles. The molecule has 2 N–H and O–H groups in total. The van der Waals surface area contributed by atoms with Crippen molar-refractivity contribution >= 4 is 16.7 Å². The number of hydrogen-bond acceptors (Lipinski definition) is 2. The largest absolute Gasteiger partial charge is 0.360 e. The molecule has 2 aromatic rings. The first kappa shape index (κ1) is 11.5. The molecule has 0 saturated carbocycles. The van der Waals surface area contributed by atoms with Crippen LogP contribution in [0.2, 0.25) is 0 Å². The van der Waals surface area contributed by atoms with E-state index in [-0.39, 0.29) is 5.92 Å². The fourth-order valence-electron chi connectivity index (χ4n) is 2.74. The molecular formula is C15H18N2O. The van der Waals surface area contributed by atoms with E-state index in [4.69, 9.17) is 0 Å². The Labute approximate surface area is 107 Å². The molecule has 0 atom stereocenters. The van der Waals surface area contributed by atoms with Crippen molar-refractivity contribution in [2.75, 3.05) is 13.1 Å². The van der Waals surface area contributed by atoms with Crippen LogP contribution >= 0.6 is 0 Å². The average Bonchev–Trinajstić information content (AvgIpc) is 2.82. The first-order chi connectivity index (χ1) is 8.75. The molecule has 0 bridgehead atoms. The summed E-state index contributed by atoms with van der Waals surface area (Å²) in [6, 6.07) is 6.21. The molecule has 1 aliphatic heterocycles. The normalized spacial score (nSPS) is 17.2. The predicted octanol–water partition coefficient (Wildman–Crippen LogP) is 2.66. The lowest BCUT2D eigenvalue weighted by atomic mass is 9.89. The van der Waals surface area contributed by atoms with Gasteiger partial charge in [0.1, 0.15) is 0 Å². The van der Waals surface area contributed by atoms with Gasteiger partial charge in [-0.3, -0.25) is 4.79 Å². The van der Waals surface area contributed by atoms with Crippen molar-refractivity contribution in [1.82, 2.24) is 10.3 Å². The van der Waals surface area contributed by atoms with Crippen LogP contribution in [0.1, 0.15) is 28.8 Å². The number of aromatic nitrogens is 1. The van der Waals surface area contributed by atoms with Crippen LogP contribution in [0.5, 0.6) is 0 Å². The van der Waals surface area contributed by atoms with E-state index in [1.165, 1.54) is 5.56 Å². The third-order valence-corrected chi connectivity index (χ3v) is 3.81. The standard InChI is InChI=1S/C15H18N2O/c1-10-2-3-14-12(8-10)13(9-17-14)15(18)11-4-6-16-7-5-11/h2-3,8-9,11,16-17H,4-7H2,1H3. The summed E-state index contributed by atoms with van der Waals surface area (Å²) in [4.78, 5) is 15.7. The predicted molar refractivity (Wildman–Crippen MR) is 73.0 cm³/mol. The van der Waals surface area contributed by atoms with Crippen LogP contribution < -0.4 is 5.32 Å². The molecule has 0 radical (unpaired) electrons. The number of aromatic amines is 1. The van der Waals surface area contributed by atoms with Crippen molar-refractivity contribution in [2.24, 2.45) is 5.92 Å². The molecule has 1 fully saturated rings. The number of Topliss-reactive ketones (excluding diaryl/α,β-unsaturated/α-hetero) is 1. The third kappa shape index (κ3) is 1.95. The number of aryl methyl sites for hydroxylation is 1. The van der Waals surface area contributed by atoms with Gasteiger partial charge in [-0.1, -0.05) is 11.6 Å². The van der Waals surface area contributed by atoms with E-state index in [0.717, 1.165) is 42.4 Å². The van der Waals surface area contributed by atoms with Crippen molar-refractivity contribution in [3.63, 3.8) is 0 Å². The van der Waals surface area contributed by atoms with Gasteiger partial charge in [-0.15, -0.1) is 0 Å². The molecule has 0 spiro atoms. The van der Waals surface area contributed by atoms with E-state index in [9.17, 15) is 4.79 Å². The van der Waals surface area contributed by atoms with Crippen molar-refractivity contribution in [3.8, 4) is 0 Å². The molecule has 94 valence electrons. The van der Waals surface area contributed by atoms with Gasteiger partial charge in [0.15, 0.2) is 5.78 Å². The lowest BCUT2D eigenvalue weighted by Crippen LogP contribution is -2.31. The van der Waals surface area contributed by atoms with Crippen LogP contribution in [-0.4, -0.2) is 23.9 Å². The molecule has 3 rings (SSSR count). The summed E-state index contributed by atoms with van der Waals surface area (Å²) >= 11 is 0. The fourth-order valence-corrected chi connectivity index (χ4v) is 2.74. The maximum atomic E-state index is 12.5. The van der Waals surface area contributed by atoms with Crippen LogP contribution in [-0.2, 0) is 0 Å². The first-order valence-electron chi connectivity index (χ1n) is 6.58. The SMILES string of the molecule is Cc1ccc2[nH]cc(C(=O)C3CCNCC3)c2c1. The maximum Gasteiger partial charge on any atom is 0.168 e. The summed E-state index contributed by atoms with van der Waals surface area (Å²) < 4.78 is 0. The topological polar surface area (TPSA) is 44.9 Å². The number of carbonyl (C=O) groups is 1. The summed E-state index contributed by atoms with van der Waals surface area (Å²) in [5, 5.41) is 4.37. The van der Waals surface area contributed by atoms with E-state index in [1.807, 2.05) is 12.3 Å². The zero-order chi connectivity index (χ0) is 12.5. The zero-order valence-electron chi connectivity index (χ0n) is 10.6. The van der Waals surface area contributed by atoms with E-state index < -0.39 is 0 Å². The lowest BCUT2D eigenvalue weighted by Gasteiger charge is -2.21. The van der Waals surface area contributed by atoms with E-state index in [2.05, 4.69) is 29.4 Å². The van der Waals surface area contributed by atoms with Gasteiger partial charge in [0.2, 0.25) is 0 Å². The molecule has 1 aromatic heterocycles. The van der Waals surface area contributed by atoms with Crippen LogP contribution in [0.3, 0.4) is 0 Å². The van der Waals surface area contributed by atoms with E-state index >= 15 is 0 Å². The van der Waals surface area contributed by atoms with E-state index in [1.54, 1.807) is 0 Å². The number of rotatable bonds is 2. The minimum absolute atomic E-state index is 0.186. The van der Waals surface area contributed by atoms with Crippen molar-refractivity contribution in [2.45, 2.75) is 19.8 Å². The monoisotopic (exact) mass is 242 g/mol. The molecule has 0 amide bonds. The Morgan fingerprint density at radius 1 is 1.28 bits per heavy atom. The zero-order valence-corrected chi connectivity index (χ0v) is 10.6. The van der Waals surface area contributed by atoms with Gasteiger partial charge in [0, 0.05) is 28.6 Å². The van der Waals surface area contributed by atoms with E-state index in [0.29, 0.717) is 5.78 Å². The molecule has 1 saturated heterocycles. The second kappa shape index (κ2) is 4.58. The number of hydrogen-bond donors (Lipinski definition) is 2. The third-order valence-electron chi connectivity index (χ3n) is 3.81. The lowest BCUT2D eigenvalue weighted by molar-refractivity contribution is 0.0897. The molecule has 3 nitrogen and oxygen atoms in total.